The molecule has 0 saturated heterocycles. The number of rotatable bonds is 0. The van der Waals surface area contributed by atoms with E-state index in [-0.39, 0.29) is 0 Å². The summed E-state index contributed by atoms with van der Waals surface area (Å²) in [6.07, 6.45) is 1.96. The molecule has 3 nitrogen and oxygen atoms in total. The van der Waals surface area contributed by atoms with Crippen LogP contribution in [0.2, 0.25) is 0 Å². The van der Waals surface area contributed by atoms with Gasteiger partial charge >= 0.3 is 0 Å². The molecule has 4 heteroatoms. The summed E-state index contributed by atoms with van der Waals surface area (Å²) < 4.78 is 2.76. The average Bonchev–Trinajstić information content (AvgIpc) is 2.29. The van der Waals surface area contributed by atoms with Crippen LogP contribution >= 0.6 is 15.9 Å². The molecule has 0 fully saturated rings. The van der Waals surface area contributed by atoms with Crippen LogP contribution in [-0.4, -0.2) is 9.78 Å². The number of nitrogens with zero attached hydrogens (tertiary/aromatic N) is 2. The Morgan fingerprint density at radius 3 is 3.00 bits per heavy atom. The zero-order valence-corrected chi connectivity index (χ0v) is 8.17. The minimum absolute atomic E-state index is 0.730. The largest absolute Gasteiger partial charge is 0.399 e. The van der Waals surface area contributed by atoms with Gasteiger partial charge in [0, 0.05) is 28.8 Å². The molecule has 0 aliphatic carbocycles. The molecule has 0 aliphatic heterocycles. The van der Waals surface area contributed by atoms with Crippen LogP contribution in [0.5, 0.6) is 0 Å². The fraction of sp³-hybridized carbons (Fsp3) is 0.125. The van der Waals surface area contributed by atoms with Gasteiger partial charge in [0.25, 0.3) is 0 Å². The van der Waals surface area contributed by atoms with Gasteiger partial charge in [-0.1, -0.05) is 0 Å². The van der Waals surface area contributed by atoms with Crippen molar-refractivity contribution >= 4 is 32.5 Å². The topological polar surface area (TPSA) is 43.8 Å². The van der Waals surface area contributed by atoms with Crippen LogP contribution in [0.1, 0.15) is 0 Å². The number of hydrogen-bond acceptors (Lipinski definition) is 2. The molecular weight excluding hydrogens is 218 g/mol. The first kappa shape index (κ1) is 7.61. The van der Waals surface area contributed by atoms with E-state index in [0.29, 0.717) is 0 Å². The third-order valence-corrected chi connectivity index (χ3v) is 2.37. The lowest BCUT2D eigenvalue weighted by Crippen LogP contribution is -1.86. The summed E-state index contributed by atoms with van der Waals surface area (Å²) in [6, 6.07) is 3.74. The summed E-state index contributed by atoms with van der Waals surface area (Å²) >= 11 is 3.43. The molecule has 0 spiro atoms. The summed E-state index contributed by atoms with van der Waals surface area (Å²) in [5, 5.41) is 5.33. The predicted octanol–water partition coefficient (Wildman–Crippen LogP) is 1.92. The summed E-state index contributed by atoms with van der Waals surface area (Å²) in [5.41, 5.74) is 7.31. The maximum atomic E-state index is 5.65. The number of hydrogen-bond donors (Lipinski definition) is 1. The van der Waals surface area contributed by atoms with Gasteiger partial charge < -0.3 is 5.73 Å². The Morgan fingerprint density at radius 1 is 1.50 bits per heavy atom. The molecule has 0 atom stereocenters. The maximum absolute atomic E-state index is 5.65. The highest BCUT2D eigenvalue weighted by atomic mass is 79.9. The Bertz CT molecular complexity index is 433. The number of halogens is 1. The molecule has 0 unspecified atom stereocenters. The van der Waals surface area contributed by atoms with E-state index in [9.17, 15) is 0 Å². The van der Waals surface area contributed by atoms with E-state index in [0.717, 1.165) is 21.1 Å². The molecule has 2 N–H and O–H groups in total. The van der Waals surface area contributed by atoms with Crippen molar-refractivity contribution in [1.29, 1.82) is 0 Å². The van der Waals surface area contributed by atoms with Crippen LogP contribution in [0, 0.1) is 0 Å². The number of aryl methyl sites for hydroxylation is 1. The lowest BCUT2D eigenvalue weighted by molar-refractivity contribution is 0.780. The lowest BCUT2D eigenvalue weighted by Gasteiger charge is -1.94. The molecule has 1 aromatic carbocycles. The third kappa shape index (κ3) is 1.08. The molecule has 1 aromatic heterocycles. The number of fused-ring (bicyclic) bond motifs is 1. The first-order valence-electron chi connectivity index (χ1n) is 3.55. The molecule has 0 radical (unpaired) electrons. The third-order valence-electron chi connectivity index (χ3n) is 1.71. The highest BCUT2D eigenvalue weighted by Gasteiger charge is 2.02. The fourth-order valence-corrected chi connectivity index (χ4v) is 1.79. The SMILES string of the molecule is Cn1cc2c(Br)cc(N)cc2n1. The number of nitrogen functional groups attached to an aromatic ring is 1. The van der Waals surface area contributed by atoms with Gasteiger partial charge in [-0.25, -0.2) is 0 Å². The maximum Gasteiger partial charge on any atom is 0.0955 e. The van der Waals surface area contributed by atoms with Crippen LogP contribution < -0.4 is 5.73 Å². The van der Waals surface area contributed by atoms with Gasteiger partial charge in [-0.05, 0) is 28.1 Å². The second-order valence-electron chi connectivity index (χ2n) is 2.74. The normalized spacial score (nSPS) is 10.8. The van der Waals surface area contributed by atoms with Gasteiger partial charge in [0.05, 0.1) is 5.52 Å². The van der Waals surface area contributed by atoms with Gasteiger partial charge in [-0.2, -0.15) is 5.10 Å². The van der Waals surface area contributed by atoms with Crippen LogP contribution in [0.15, 0.2) is 22.8 Å². The van der Waals surface area contributed by atoms with Crippen molar-refractivity contribution in [2.45, 2.75) is 0 Å². The Hall–Kier alpha value is -1.03. The van der Waals surface area contributed by atoms with E-state index in [1.807, 2.05) is 25.4 Å². The van der Waals surface area contributed by atoms with Crippen LogP contribution in [0.3, 0.4) is 0 Å². The van der Waals surface area contributed by atoms with Gasteiger partial charge in [0.2, 0.25) is 0 Å². The second kappa shape index (κ2) is 2.48. The van der Waals surface area contributed by atoms with Crippen molar-refractivity contribution in [2.24, 2.45) is 7.05 Å². The minimum atomic E-state index is 0.730. The molecule has 62 valence electrons. The Balaban J connectivity index is 2.88. The second-order valence-corrected chi connectivity index (χ2v) is 3.59. The lowest BCUT2D eigenvalue weighted by atomic mass is 10.2. The number of anilines is 1. The molecule has 1 heterocycles. The smallest absolute Gasteiger partial charge is 0.0955 e. The zero-order valence-electron chi connectivity index (χ0n) is 6.58. The van der Waals surface area contributed by atoms with E-state index in [1.165, 1.54) is 0 Å². The number of aromatic nitrogens is 2. The van der Waals surface area contributed by atoms with E-state index in [2.05, 4.69) is 21.0 Å². The summed E-state index contributed by atoms with van der Waals surface area (Å²) in [4.78, 5) is 0. The standard InChI is InChI=1S/C8H8BrN3/c1-12-4-6-7(9)2-5(10)3-8(6)11-12/h2-4H,10H2,1H3. The Labute approximate surface area is 78.3 Å². The first-order valence-corrected chi connectivity index (χ1v) is 4.34. The van der Waals surface area contributed by atoms with Crippen LogP contribution in [0.4, 0.5) is 5.69 Å². The molecule has 2 aromatic rings. The predicted molar refractivity (Wildman–Crippen MR) is 52.8 cm³/mol. The molecule has 0 amide bonds. The van der Waals surface area contributed by atoms with Crippen molar-refractivity contribution in [3.05, 3.63) is 22.8 Å². The van der Waals surface area contributed by atoms with Crippen molar-refractivity contribution < 1.29 is 0 Å². The zero-order chi connectivity index (χ0) is 8.72. The first-order chi connectivity index (χ1) is 5.66. The molecular formula is C8H8BrN3. The quantitative estimate of drug-likeness (QED) is 0.697. The highest BCUT2D eigenvalue weighted by Crippen LogP contribution is 2.25. The number of nitrogens with two attached hydrogens (primary N) is 1. The Kier molecular flexibility index (Phi) is 1.58. The summed E-state index contributed by atoms with van der Waals surface area (Å²) in [6.45, 7) is 0. The average molecular weight is 226 g/mol. The van der Waals surface area contributed by atoms with Gasteiger partial charge in [0.1, 0.15) is 0 Å². The van der Waals surface area contributed by atoms with Gasteiger partial charge in [0.15, 0.2) is 0 Å². The van der Waals surface area contributed by atoms with Gasteiger partial charge in [-0.3, -0.25) is 4.68 Å². The fourth-order valence-electron chi connectivity index (χ4n) is 1.22. The molecule has 12 heavy (non-hydrogen) atoms. The highest BCUT2D eigenvalue weighted by molar-refractivity contribution is 9.10. The van der Waals surface area contributed by atoms with Crippen molar-refractivity contribution in [3.63, 3.8) is 0 Å². The van der Waals surface area contributed by atoms with Crippen molar-refractivity contribution in [1.82, 2.24) is 9.78 Å². The van der Waals surface area contributed by atoms with E-state index >= 15 is 0 Å². The monoisotopic (exact) mass is 225 g/mol. The molecule has 0 aliphatic rings. The Morgan fingerprint density at radius 2 is 2.25 bits per heavy atom. The molecule has 0 saturated carbocycles. The van der Waals surface area contributed by atoms with Crippen LogP contribution in [-0.2, 0) is 7.05 Å². The summed E-state index contributed by atoms with van der Waals surface area (Å²) in [5.74, 6) is 0. The van der Waals surface area contributed by atoms with Gasteiger partial charge in [-0.15, -0.1) is 0 Å². The van der Waals surface area contributed by atoms with Crippen LogP contribution in [0.25, 0.3) is 10.9 Å². The molecule has 2 rings (SSSR count). The van der Waals surface area contributed by atoms with Crippen molar-refractivity contribution in [3.8, 4) is 0 Å². The van der Waals surface area contributed by atoms with Crippen molar-refractivity contribution in [2.75, 3.05) is 5.73 Å². The summed E-state index contributed by atoms with van der Waals surface area (Å²) in [7, 11) is 1.89. The van der Waals surface area contributed by atoms with E-state index in [1.54, 1.807) is 4.68 Å². The molecule has 0 bridgehead atoms. The minimum Gasteiger partial charge on any atom is -0.399 e. The van der Waals surface area contributed by atoms with E-state index in [4.69, 9.17) is 5.73 Å². The van der Waals surface area contributed by atoms with E-state index < -0.39 is 0 Å². The number of benzene rings is 1.